The minimum absolute atomic E-state index is 0.550. The van der Waals surface area contributed by atoms with E-state index in [0.717, 1.165) is 48.2 Å². The molecule has 1 fully saturated rings. The van der Waals surface area contributed by atoms with Crippen molar-refractivity contribution in [3.05, 3.63) is 22.2 Å². The second kappa shape index (κ2) is 10.6. The van der Waals surface area contributed by atoms with Crippen molar-refractivity contribution in [2.45, 2.75) is 26.3 Å². The van der Waals surface area contributed by atoms with Crippen LogP contribution < -0.4 is 14.8 Å². The number of aliphatic imine (C=N–C) groups is 1. The molecule has 0 aliphatic heterocycles. The summed E-state index contributed by atoms with van der Waals surface area (Å²) in [6.07, 6.45) is 2.64. The molecule has 6 nitrogen and oxygen atoms in total. The number of halogens is 1. The van der Waals surface area contributed by atoms with Crippen LogP contribution in [0.3, 0.4) is 0 Å². The second-order valence-electron chi connectivity index (χ2n) is 6.42. The molecule has 0 aromatic heterocycles. The molecule has 26 heavy (non-hydrogen) atoms. The van der Waals surface area contributed by atoms with E-state index in [1.807, 2.05) is 19.2 Å². The van der Waals surface area contributed by atoms with Crippen molar-refractivity contribution in [2.24, 2.45) is 10.9 Å². The highest BCUT2D eigenvalue weighted by Crippen LogP contribution is 2.36. The van der Waals surface area contributed by atoms with E-state index in [4.69, 9.17) is 19.2 Å². The summed E-state index contributed by atoms with van der Waals surface area (Å²) in [5.41, 5.74) is 1.04. The molecular formula is C19H30BrN3O3. The average molecular weight is 428 g/mol. The Kier molecular flexibility index (Phi) is 8.51. The SMILES string of the molecule is CCNC(=NCc1cc(Br)c(OC)c(OC)c1)N(C)CCOCC1CC1. The van der Waals surface area contributed by atoms with Crippen LogP contribution in [-0.2, 0) is 11.3 Å². The van der Waals surface area contributed by atoms with E-state index in [1.165, 1.54) is 12.8 Å². The molecular weight excluding hydrogens is 398 g/mol. The van der Waals surface area contributed by atoms with Gasteiger partial charge < -0.3 is 24.4 Å². The fourth-order valence-corrected chi connectivity index (χ4v) is 3.19. The number of rotatable bonds is 10. The Bertz CT molecular complexity index is 606. The topological polar surface area (TPSA) is 55.3 Å². The summed E-state index contributed by atoms with van der Waals surface area (Å²) >= 11 is 3.53. The van der Waals surface area contributed by atoms with Crippen LogP contribution >= 0.6 is 15.9 Å². The number of benzene rings is 1. The summed E-state index contributed by atoms with van der Waals surface area (Å²) in [6, 6.07) is 3.96. The standard InChI is InChI=1S/C19H30BrN3O3/c1-5-21-19(23(2)8-9-26-13-14-6-7-14)22-12-15-10-16(20)18(25-4)17(11-15)24-3/h10-11,14H,5-9,12-13H2,1-4H3,(H,21,22). The monoisotopic (exact) mass is 427 g/mol. The van der Waals surface area contributed by atoms with Crippen molar-refractivity contribution < 1.29 is 14.2 Å². The Labute approximate surface area is 165 Å². The van der Waals surface area contributed by atoms with Crippen molar-refractivity contribution in [3.63, 3.8) is 0 Å². The number of methoxy groups -OCH3 is 2. The molecule has 0 heterocycles. The zero-order valence-electron chi connectivity index (χ0n) is 16.2. The van der Waals surface area contributed by atoms with Crippen LogP contribution in [0.1, 0.15) is 25.3 Å². The Morgan fingerprint density at radius 1 is 1.31 bits per heavy atom. The second-order valence-corrected chi connectivity index (χ2v) is 7.28. The molecule has 1 aliphatic carbocycles. The molecule has 0 amide bonds. The largest absolute Gasteiger partial charge is 0.493 e. The lowest BCUT2D eigenvalue weighted by Gasteiger charge is -2.22. The lowest BCUT2D eigenvalue weighted by molar-refractivity contribution is 0.115. The molecule has 7 heteroatoms. The van der Waals surface area contributed by atoms with Crippen molar-refractivity contribution in [1.29, 1.82) is 0 Å². The summed E-state index contributed by atoms with van der Waals surface area (Å²) in [4.78, 5) is 6.84. The lowest BCUT2D eigenvalue weighted by Crippen LogP contribution is -2.40. The third kappa shape index (κ3) is 6.36. The first-order valence-corrected chi connectivity index (χ1v) is 9.85. The molecule has 1 aliphatic rings. The third-order valence-electron chi connectivity index (χ3n) is 4.22. The summed E-state index contributed by atoms with van der Waals surface area (Å²) in [6.45, 7) is 5.87. The van der Waals surface area contributed by atoms with Gasteiger partial charge in [0.25, 0.3) is 0 Å². The van der Waals surface area contributed by atoms with Crippen molar-refractivity contribution in [2.75, 3.05) is 47.6 Å². The van der Waals surface area contributed by atoms with E-state index in [9.17, 15) is 0 Å². The number of nitrogens with one attached hydrogen (secondary N) is 1. The van der Waals surface area contributed by atoms with Gasteiger partial charge in [0.1, 0.15) is 0 Å². The first-order valence-electron chi connectivity index (χ1n) is 9.06. The number of guanidine groups is 1. The molecule has 0 atom stereocenters. The van der Waals surface area contributed by atoms with Crippen molar-refractivity contribution in [3.8, 4) is 11.5 Å². The van der Waals surface area contributed by atoms with Crippen LogP contribution in [0.4, 0.5) is 0 Å². The molecule has 146 valence electrons. The Morgan fingerprint density at radius 3 is 2.69 bits per heavy atom. The molecule has 0 saturated heterocycles. The van der Waals surface area contributed by atoms with Gasteiger partial charge in [-0.05, 0) is 59.3 Å². The molecule has 2 rings (SSSR count). The minimum Gasteiger partial charge on any atom is -0.493 e. The van der Waals surface area contributed by atoms with Gasteiger partial charge in [0.2, 0.25) is 0 Å². The highest BCUT2D eigenvalue weighted by molar-refractivity contribution is 9.10. The maximum Gasteiger partial charge on any atom is 0.194 e. The third-order valence-corrected chi connectivity index (χ3v) is 4.81. The van der Waals surface area contributed by atoms with E-state index < -0.39 is 0 Å². The minimum atomic E-state index is 0.550. The number of hydrogen-bond acceptors (Lipinski definition) is 4. The Hall–Kier alpha value is -1.47. The molecule has 1 N–H and O–H groups in total. The van der Waals surface area contributed by atoms with Gasteiger partial charge in [0.05, 0.1) is 31.8 Å². The lowest BCUT2D eigenvalue weighted by atomic mass is 10.2. The predicted octanol–water partition coefficient (Wildman–Crippen LogP) is 3.29. The highest BCUT2D eigenvalue weighted by atomic mass is 79.9. The fourth-order valence-electron chi connectivity index (χ4n) is 2.54. The van der Waals surface area contributed by atoms with E-state index in [2.05, 4.69) is 33.1 Å². The van der Waals surface area contributed by atoms with E-state index in [-0.39, 0.29) is 0 Å². The zero-order valence-corrected chi connectivity index (χ0v) is 17.8. The van der Waals surface area contributed by atoms with E-state index in [1.54, 1.807) is 14.2 Å². The van der Waals surface area contributed by atoms with Gasteiger partial charge in [-0.15, -0.1) is 0 Å². The van der Waals surface area contributed by atoms with Gasteiger partial charge >= 0.3 is 0 Å². The highest BCUT2D eigenvalue weighted by Gasteiger charge is 2.21. The normalized spacial score (nSPS) is 14.3. The number of nitrogens with zero attached hydrogens (tertiary/aromatic N) is 2. The van der Waals surface area contributed by atoms with Gasteiger partial charge in [-0.25, -0.2) is 4.99 Å². The summed E-state index contributed by atoms with van der Waals surface area (Å²) in [5, 5.41) is 3.33. The number of likely N-dealkylation sites (N-methyl/N-ethyl adjacent to an activating group) is 1. The van der Waals surface area contributed by atoms with Crippen LogP contribution in [0.5, 0.6) is 11.5 Å². The van der Waals surface area contributed by atoms with Gasteiger partial charge in [0, 0.05) is 26.7 Å². The summed E-state index contributed by atoms with van der Waals surface area (Å²) < 4.78 is 17.3. The summed E-state index contributed by atoms with van der Waals surface area (Å²) in [5.74, 6) is 3.05. The van der Waals surface area contributed by atoms with E-state index >= 15 is 0 Å². The average Bonchev–Trinajstić information content (AvgIpc) is 3.45. The van der Waals surface area contributed by atoms with Crippen LogP contribution in [0.15, 0.2) is 21.6 Å². The number of hydrogen-bond donors (Lipinski definition) is 1. The quantitative estimate of drug-likeness (QED) is 0.352. The molecule has 0 unspecified atom stereocenters. The van der Waals surface area contributed by atoms with Crippen molar-refractivity contribution in [1.82, 2.24) is 10.2 Å². The van der Waals surface area contributed by atoms with Crippen LogP contribution in [0.2, 0.25) is 0 Å². The number of ether oxygens (including phenoxy) is 3. The predicted molar refractivity (Wildman–Crippen MR) is 108 cm³/mol. The van der Waals surface area contributed by atoms with Gasteiger partial charge in [0.15, 0.2) is 17.5 Å². The van der Waals surface area contributed by atoms with Gasteiger partial charge in [-0.3, -0.25) is 0 Å². The summed E-state index contributed by atoms with van der Waals surface area (Å²) in [7, 11) is 5.30. The van der Waals surface area contributed by atoms with Gasteiger partial charge in [-0.1, -0.05) is 0 Å². The smallest absolute Gasteiger partial charge is 0.194 e. The van der Waals surface area contributed by atoms with Crippen LogP contribution in [-0.4, -0.2) is 58.4 Å². The first-order chi connectivity index (χ1) is 12.6. The van der Waals surface area contributed by atoms with Crippen molar-refractivity contribution >= 4 is 21.9 Å². The molecule has 0 radical (unpaired) electrons. The molecule has 0 bridgehead atoms. The molecule has 0 spiro atoms. The van der Waals surface area contributed by atoms with E-state index in [0.29, 0.717) is 18.0 Å². The first kappa shape index (κ1) is 20.8. The zero-order chi connectivity index (χ0) is 18.9. The Morgan fingerprint density at radius 2 is 2.08 bits per heavy atom. The molecule has 1 saturated carbocycles. The molecule has 1 aromatic carbocycles. The maximum atomic E-state index is 5.73. The van der Waals surface area contributed by atoms with Gasteiger partial charge in [-0.2, -0.15) is 0 Å². The maximum absolute atomic E-state index is 5.73. The van der Waals surface area contributed by atoms with Crippen LogP contribution in [0.25, 0.3) is 0 Å². The Balaban J connectivity index is 1.97. The molecule has 1 aromatic rings. The van der Waals surface area contributed by atoms with Crippen LogP contribution in [0, 0.1) is 5.92 Å². The fraction of sp³-hybridized carbons (Fsp3) is 0.632.